The van der Waals surface area contributed by atoms with Gasteiger partial charge in [0.05, 0.1) is 11.0 Å². The summed E-state index contributed by atoms with van der Waals surface area (Å²) in [5, 5.41) is 16.5. The lowest BCUT2D eigenvalue weighted by Crippen LogP contribution is -2.32. The summed E-state index contributed by atoms with van der Waals surface area (Å²) >= 11 is 0. The van der Waals surface area contributed by atoms with Gasteiger partial charge in [-0.1, -0.05) is 6.07 Å². The first-order valence-electron chi connectivity index (χ1n) is 6.48. The molecule has 0 aromatic heterocycles. The lowest BCUT2D eigenvalue weighted by molar-refractivity contribution is -0.384. The van der Waals surface area contributed by atoms with Crippen LogP contribution in [-0.4, -0.2) is 37.1 Å². The number of hydrogen-bond acceptors (Lipinski definition) is 5. The Bertz CT molecular complexity index is 512. The molecule has 0 saturated carbocycles. The normalized spacial score (nSPS) is 17.8. The molecule has 1 aliphatic rings. The molecule has 0 spiro atoms. The van der Waals surface area contributed by atoms with E-state index in [1.807, 2.05) is 0 Å². The van der Waals surface area contributed by atoms with Gasteiger partial charge in [0.25, 0.3) is 5.91 Å². The first-order chi connectivity index (χ1) is 9.63. The van der Waals surface area contributed by atoms with E-state index in [1.165, 1.54) is 6.07 Å². The Morgan fingerprint density at radius 2 is 2.35 bits per heavy atom. The van der Waals surface area contributed by atoms with Gasteiger partial charge in [-0.3, -0.25) is 14.9 Å². The number of benzene rings is 1. The van der Waals surface area contributed by atoms with Crippen LogP contribution in [0.1, 0.15) is 23.2 Å². The Morgan fingerprint density at radius 3 is 2.95 bits per heavy atom. The van der Waals surface area contributed by atoms with Gasteiger partial charge in [-0.25, -0.2) is 0 Å². The number of carbonyl (C=O) groups excluding carboxylic acids is 1. The second-order valence-electron chi connectivity index (χ2n) is 4.55. The summed E-state index contributed by atoms with van der Waals surface area (Å²) in [4.78, 5) is 22.7. The van der Waals surface area contributed by atoms with Gasteiger partial charge in [-0.2, -0.15) is 0 Å². The van der Waals surface area contributed by atoms with Crippen LogP contribution in [0.15, 0.2) is 18.2 Å². The van der Waals surface area contributed by atoms with Gasteiger partial charge in [0.15, 0.2) is 0 Å². The summed E-state index contributed by atoms with van der Waals surface area (Å²) in [6, 6.07) is 4.62. The van der Waals surface area contributed by atoms with Gasteiger partial charge in [-0.05, 0) is 25.0 Å². The molecule has 1 fully saturated rings. The second-order valence-corrected chi connectivity index (χ2v) is 4.55. The molecule has 1 aromatic rings. The van der Waals surface area contributed by atoms with Crippen molar-refractivity contribution in [1.29, 1.82) is 0 Å². The fraction of sp³-hybridized carbons (Fsp3) is 0.462. The van der Waals surface area contributed by atoms with E-state index in [1.54, 1.807) is 19.2 Å². The fourth-order valence-electron chi connectivity index (χ4n) is 2.23. The summed E-state index contributed by atoms with van der Waals surface area (Å²) in [7, 11) is 1.58. The third-order valence-electron chi connectivity index (χ3n) is 3.25. The quantitative estimate of drug-likeness (QED) is 0.630. The number of carbonyl (C=O) groups is 1. The van der Waals surface area contributed by atoms with Crippen molar-refractivity contribution in [3.05, 3.63) is 33.9 Å². The zero-order chi connectivity index (χ0) is 14.5. The molecule has 1 atom stereocenters. The number of nitrogens with zero attached hydrogens (tertiary/aromatic N) is 1. The van der Waals surface area contributed by atoms with Gasteiger partial charge < -0.3 is 15.4 Å². The van der Waals surface area contributed by atoms with Crippen molar-refractivity contribution >= 4 is 17.3 Å². The Labute approximate surface area is 116 Å². The molecule has 1 aromatic carbocycles. The highest BCUT2D eigenvalue weighted by atomic mass is 16.6. The number of nitro benzene ring substituents is 1. The minimum Gasteiger partial charge on any atom is -0.383 e. The SMILES string of the molecule is CNc1cccc(C(=O)NCC2CCCO2)c1[N+](=O)[O-]. The maximum Gasteiger partial charge on any atom is 0.305 e. The topological polar surface area (TPSA) is 93.5 Å². The van der Waals surface area contributed by atoms with Crippen molar-refractivity contribution in [2.24, 2.45) is 0 Å². The van der Waals surface area contributed by atoms with E-state index in [9.17, 15) is 14.9 Å². The van der Waals surface area contributed by atoms with Crippen LogP contribution >= 0.6 is 0 Å². The lowest BCUT2D eigenvalue weighted by atomic mass is 10.1. The lowest BCUT2D eigenvalue weighted by Gasteiger charge is -2.11. The molecule has 0 bridgehead atoms. The predicted octanol–water partition coefficient (Wildman–Crippen LogP) is 1.55. The van der Waals surface area contributed by atoms with E-state index >= 15 is 0 Å². The highest BCUT2D eigenvalue weighted by Crippen LogP contribution is 2.28. The van der Waals surface area contributed by atoms with E-state index < -0.39 is 10.8 Å². The van der Waals surface area contributed by atoms with E-state index in [0.717, 1.165) is 12.8 Å². The molecule has 7 nitrogen and oxygen atoms in total. The molecule has 1 amide bonds. The van der Waals surface area contributed by atoms with Crippen LogP contribution in [0.5, 0.6) is 0 Å². The first-order valence-corrected chi connectivity index (χ1v) is 6.48. The summed E-state index contributed by atoms with van der Waals surface area (Å²) in [5.74, 6) is -0.454. The summed E-state index contributed by atoms with van der Waals surface area (Å²) in [6.45, 7) is 1.08. The van der Waals surface area contributed by atoms with Crippen molar-refractivity contribution in [3.63, 3.8) is 0 Å². The number of nitrogens with one attached hydrogen (secondary N) is 2. The number of nitro groups is 1. The summed E-state index contributed by atoms with van der Waals surface area (Å²) in [6.07, 6.45) is 1.89. The first kappa shape index (κ1) is 14.3. The minimum absolute atomic E-state index is 0.00508. The number of amides is 1. The molecular weight excluding hydrogens is 262 g/mol. The van der Waals surface area contributed by atoms with E-state index in [2.05, 4.69) is 10.6 Å². The van der Waals surface area contributed by atoms with Crippen LogP contribution < -0.4 is 10.6 Å². The fourth-order valence-corrected chi connectivity index (χ4v) is 2.23. The van der Waals surface area contributed by atoms with Crippen molar-refractivity contribution in [1.82, 2.24) is 5.32 Å². The average Bonchev–Trinajstić information content (AvgIpc) is 2.96. The molecule has 108 valence electrons. The molecule has 20 heavy (non-hydrogen) atoms. The highest BCUT2D eigenvalue weighted by Gasteiger charge is 2.25. The highest BCUT2D eigenvalue weighted by molar-refractivity contribution is 6.00. The van der Waals surface area contributed by atoms with Crippen LogP contribution in [-0.2, 0) is 4.74 Å². The van der Waals surface area contributed by atoms with Crippen molar-refractivity contribution < 1.29 is 14.5 Å². The standard InChI is InChI=1S/C13H17N3O4/c1-14-11-6-2-5-10(12(11)16(18)19)13(17)15-8-9-4-3-7-20-9/h2,5-6,9,14H,3-4,7-8H2,1H3,(H,15,17). The number of para-hydroxylation sites is 1. The second kappa shape index (κ2) is 6.33. The van der Waals surface area contributed by atoms with Gasteiger partial charge >= 0.3 is 5.69 Å². The maximum absolute atomic E-state index is 12.1. The van der Waals surface area contributed by atoms with Crippen LogP contribution in [0.25, 0.3) is 0 Å². The Kier molecular flexibility index (Phi) is 4.52. The average molecular weight is 279 g/mol. The number of hydrogen-bond donors (Lipinski definition) is 2. The number of rotatable bonds is 5. The molecule has 0 aliphatic carbocycles. The number of ether oxygens (including phenoxy) is 1. The third-order valence-corrected chi connectivity index (χ3v) is 3.25. The largest absolute Gasteiger partial charge is 0.383 e. The molecule has 2 N–H and O–H groups in total. The van der Waals surface area contributed by atoms with Crippen LogP contribution in [0, 0.1) is 10.1 Å². The molecule has 1 unspecified atom stereocenters. The zero-order valence-corrected chi connectivity index (χ0v) is 11.2. The Morgan fingerprint density at radius 1 is 1.55 bits per heavy atom. The van der Waals surface area contributed by atoms with Crippen LogP contribution in [0.3, 0.4) is 0 Å². The minimum atomic E-state index is -0.549. The van der Waals surface area contributed by atoms with Crippen LogP contribution in [0.4, 0.5) is 11.4 Å². The summed E-state index contributed by atoms with van der Waals surface area (Å²) in [5.41, 5.74) is 0.166. The monoisotopic (exact) mass is 279 g/mol. The van der Waals surface area contributed by atoms with Crippen molar-refractivity contribution in [3.8, 4) is 0 Å². The van der Waals surface area contributed by atoms with Gasteiger partial charge in [0.1, 0.15) is 11.3 Å². The Balaban J connectivity index is 2.14. The molecule has 1 aliphatic heterocycles. The molecule has 1 saturated heterocycles. The van der Waals surface area contributed by atoms with Gasteiger partial charge in [-0.15, -0.1) is 0 Å². The van der Waals surface area contributed by atoms with Gasteiger partial charge in [0, 0.05) is 20.2 Å². The van der Waals surface area contributed by atoms with E-state index in [4.69, 9.17) is 4.74 Å². The molecular formula is C13H17N3O4. The van der Waals surface area contributed by atoms with Crippen LogP contribution in [0.2, 0.25) is 0 Å². The Hall–Kier alpha value is -2.15. The zero-order valence-electron chi connectivity index (χ0n) is 11.2. The predicted molar refractivity (Wildman–Crippen MR) is 74.0 cm³/mol. The van der Waals surface area contributed by atoms with Crippen molar-refractivity contribution in [2.75, 3.05) is 25.5 Å². The number of anilines is 1. The van der Waals surface area contributed by atoms with E-state index in [0.29, 0.717) is 18.8 Å². The third kappa shape index (κ3) is 3.05. The van der Waals surface area contributed by atoms with Gasteiger partial charge in [0.2, 0.25) is 0 Å². The molecule has 0 radical (unpaired) electrons. The molecule has 1 heterocycles. The van der Waals surface area contributed by atoms with E-state index in [-0.39, 0.29) is 17.4 Å². The summed E-state index contributed by atoms with van der Waals surface area (Å²) < 4.78 is 5.40. The van der Waals surface area contributed by atoms with Crippen molar-refractivity contribution in [2.45, 2.75) is 18.9 Å². The smallest absolute Gasteiger partial charge is 0.305 e. The molecule has 7 heteroatoms. The maximum atomic E-state index is 12.1. The molecule has 2 rings (SSSR count).